The summed E-state index contributed by atoms with van der Waals surface area (Å²) in [7, 11) is -2.16. The summed E-state index contributed by atoms with van der Waals surface area (Å²) in [6.07, 6.45) is 3.18. The summed E-state index contributed by atoms with van der Waals surface area (Å²) in [6, 6.07) is 21.3. The monoisotopic (exact) mass is 597 g/mol. The number of hydrogen-bond donors (Lipinski definition) is 1. The number of methoxy groups -OCH3 is 1. The molecule has 0 spiro atoms. The van der Waals surface area contributed by atoms with E-state index in [-0.39, 0.29) is 44.2 Å². The molecule has 42 heavy (non-hydrogen) atoms. The molecule has 0 bridgehead atoms. The van der Waals surface area contributed by atoms with Crippen LogP contribution in [0.4, 0.5) is 10.1 Å². The molecule has 0 aliphatic rings. The molecule has 1 atom stereocenters. The average Bonchev–Trinajstić information content (AvgIpc) is 2.97. The van der Waals surface area contributed by atoms with E-state index < -0.39 is 21.9 Å². The third-order valence-corrected chi connectivity index (χ3v) is 8.09. The summed E-state index contributed by atoms with van der Waals surface area (Å²) in [6.45, 7) is 2.42. The number of ether oxygens (including phenoxy) is 1. The minimum Gasteiger partial charge on any atom is -0.497 e. The smallest absolute Gasteiger partial charge is 0.243 e. The maximum Gasteiger partial charge on any atom is 0.243 e. The number of amides is 2. The van der Waals surface area contributed by atoms with Gasteiger partial charge in [0, 0.05) is 44.1 Å². The minimum absolute atomic E-state index is 0.0390. The molecule has 0 saturated heterocycles. The molecular weight excluding hydrogens is 557 g/mol. The van der Waals surface area contributed by atoms with Gasteiger partial charge >= 0.3 is 0 Å². The number of sulfonamides is 1. The zero-order valence-corrected chi connectivity index (χ0v) is 25.3. The molecule has 0 unspecified atom stereocenters. The Hall–Kier alpha value is -3.92. The van der Waals surface area contributed by atoms with Gasteiger partial charge < -0.3 is 15.0 Å². The molecule has 1 N–H and O–H groups in total. The third kappa shape index (κ3) is 9.58. The van der Waals surface area contributed by atoms with E-state index >= 15 is 0 Å². The molecule has 0 fully saturated rings. The van der Waals surface area contributed by atoms with E-state index in [1.54, 1.807) is 42.5 Å². The van der Waals surface area contributed by atoms with Crippen molar-refractivity contribution in [2.75, 3.05) is 30.8 Å². The number of nitrogens with zero attached hydrogens (tertiary/aromatic N) is 2. The summed E-state index contributed by atoms with van der Waals surface area (Å²) in [5, 5.41) is 2.94. The maximum absolute atomic E-state index is 14.8. The average molecular weight is 598 g/mol. The van der Waals surface area contributed by atoms with Gasteiger partial charge in [0.15, 0.2) is 0 Å². The van der Waals surface area contributed by atoms with E-state index in [4.69, 9.17) is 4.74 Å². The Morgan fingerprint density at radius 3 is 2.36 bits per heavy atom. The lowest BCUT2D eigenvalue weighted by atomic mass is 10.0. The van der Waals surface area contributed by atoms with Crippen LogP contribution < -0.4 is 14.4 Å². The van der Waals surface area contributed by atoms with E-state index in [2.05, 4.69) is 5.32 Å². The summed E-state index contributed by atoms with van der Waals surface area (Å²) >= 11 is 0. The first-order valence-electron chi connectivity index (χ1n) is 14.1. The minimum atomic E-state index is -3.66. The first-order chi connectivity index (χ1) is 20.1. The fourth-order valence-corrected chi connectivity index (χ4v) is 5.60. The molecule has 3 aromatic carbocycles. The molecule has 0 aliphatic carbocycles. The highest BCUT2D eigenvalue weighted by Crippen LogP contribution is 2.24. The number of carbonyl (C=O) groups is 2. The Labute approximate surface area is 248 Å². The van der Waals surface area contributed by atoms with Crippen LogP contribution >= 0.6 is 0 Å². The first kappa shape index (κ1) is 32.6. The van der Waals surface area contributed by atoms with Gasteiger partial charge in [-0.3, -0.25) is 13.9 Å². The molecule has 0 aliphatic heterocycles. The molecule has 0 aromatic heterocycles. The van der Waals surface area contributed by atoms with Crippen molar-refractivity contribution in [1.82, 2.24) is 10.2 Å². The first-order valence-corrected chi connectivity index (χ1v) is 15.9. The number of benzene rings is 3. The van der Waals surface area contributed by atoms with Crippen LogP contribution in [0.5, 0.6) is 5.75 Å². The number of nitrogens with one attached hydrogen (secondary N) is 1. The van der Waals surface area contributed by atoms with E-state index in [0.29, 0.717) is 23.5 Å². The molecule has 0 saturated carbocycles. The van der Waals surface area contributed by atoms with Crippen LogP contribution in [-0.4, -0.2) is 57.6 Å². The lowest BCUT2D eigenvalue weighted by molar-refractivity contribution is -0.141. The third-order valence-electron chi connectivity index (χ3n) is 6.89. The number of hydrogen-bond acceptors (Lipinski definition) is 5. The lowest BCUT2D eigenvalue weighted by Crippen LogP contribution is -2.50. The van der Waals surface area contributed by atoms with Crippen LogP contribution in [-0.2, 0) is 32.6 Å². The highest BCUT2D eigenvalue weighted by molar-refractivity contribution is 7.92. The molecular formula is C32H40FN3O5S. The number of carbonyl (C=O) groups excluding carboxylic acids is 2. The predicted octanol–water partition coefficient (Wildman–Crippen LogP) is 4.94. The largest absolute Gasteiger partial charge is 0.497 e. The van der Waals surface area contributed by atoms with Crippen LogP contribution in [0.2, 0.25) is 0 Å². The molecule has 0 radical (unpaired) electrons. The Morgan fingerprint density at radius 1 is 0.976 bits per heavy atom. The second kappa shape index (κ2) is 15.9. The van der Waals surface area contributed by atoms with Gasteiger partial charge in [0.2, 0.25) is 21.8 Å². The Kier molecular flexibility index (Phi) is 12.3. The maximum atomic E-state index is 14.8. The van der Waals surface area contributed by atoms with Crippen molar-refractivity contribution >= 4 is 27.5 Å². The van der Waals surface area contributed by atoms with Crippen molar-refractivity contribution in [1.29, 1.82) is 0 Å². The summed E-state index contributed by atoms with van der Waals surface area (Å²) in [4.78, 5) is 28.8. The van der Waals surface area contributed by atoms with Crippen LogP contribution in [0, 0.1) is 5.82 Å². The van der Waals surface area contributed by atoms with Crippen molar-refractivity contribution in [2.24, 2.45) is 0 Å². The van der Waals surface area contributed by atoms with Gasteiger partial charge in [0.25, 0.3) is 0 Å². The number of halogens is 1. The molecule has 3 rings (SSSR count). The van der Waals surface area contributed by atoms with Crippen LogP contribution in [0.15, 0.2) is 78.9 Å². The van der Waals surface area contributed by atoms with Gasteiger partial charge in [-0.2, -0.15) is 0 Å². The van der Waals surface area contributed by atoms with Crippen LogP contribution in [0.1, 0.15) is 43.7 Å². The SMILES string of the molecule is CCCCNC(=O)[C@H](Cc1ccccc1)N(Cc1ccccc1F)C(=O)CCCN(c1cccc(OC)c1)S(C)(=O)=O. The number of anilines is 1. The molecule has 10 heteroatoms. The summed E-state index contributed by atoms with van der Waals surface area (Å²) in [5.41, 5.74) is 1.57. The van der Waals surface area contributed by atoms with Crippen molar-refractivity contribution in [3.8, 4) is 5.75 Å². The Bertz CT molecular complexity index is 1420. The summed E-state index contributed by atoms with van der Waals surface area (Å²) in [5.74, 6) is -0.650. The second-order valence-corrected chi connectivity index (χ2v) is 12.0. The fourth-order valence-electron chi connectivity index (χ4n) is 4.64. The second-order valence-electron chi connectivity index (χ2n) is 10.1. The van der Waals surface area contributed by atoms with Crippen molar-refractivity contribution in [3.05, 3.63) is 95.8 Å². The zero-order chi connectivity index (χ0) is 30.5. The van der Waals surface area contributed by atoms with E-state index in [1.807, 2.05) is 37.3 Å². The molecule has 8 nitrogen and oxygen atoms in total. The highest BCUT2D eigenvalue weighted by Gasteiger charge is 2.31. The summed E-state index contributed by atoms with van der Waals surface area (Å²) < 4.78 is 46.5. The topological polar surface area (TPSA) is 96.0 Å². The molecule has 226 valence electrons. The van der Waals surface area contributed by atoms with Gasteiger partial charge in [-0.05, 0) is 36.6 Å². The molecule has 3 aromatic rings. The van der Waals surface area contributed by atoms with Gasteiger partial charge in [-0.25, -0.2) is 12.8 Å². The van der Waals surface area contributed by atoms with Gasteiger partial charge in [0.05, 0.1) is 19.1 Å². The van der Waals surface area contributed by atoms with Gasteiger partial charge in [-0.1, -0.05) is 67.9 Å². The Balaban J connectivity index is 1.88. The Morgan fingerprint density at radius 2 is 1.69 bits per heavy atom. The normalized spacial score (nSPS) is 11.9. The van der Waals surface area contributed by atoms with E-state index in [9.17, 15) is 22.4 Å². The highest BCUT2D eigenvalue weighted by atomic mass is 32.2. The van der Waals surface area contributed by atoms with Gasteiger partial charge in [0.1, 0.15) is 17.6 Å². The fraction of sp³-hybridized carbons (Fsp3) is 0.375. The van der Waals surface area contributed by atoms with Gasteiger partial charge in [-0.15, -0.1) is 0 Å². The predicted molar refractivity (Wildman–Crippen MR) is 163 cm³/mol. The zero-order valence-electron chi connectivity index (χ0n) is 24.5. The van der Waals surface area contributed by atoms with E-state index in [0.717, 1.165) is 24.7 Å². The number of rotatable bonds is 16. The van der Waals surface area contributed by atoms with Crippen molar-refractivity contribution in [3.63, 3.8) is 0 Å². The molecule has 0 heterocycles. The molecule has 2 amide bonds. The lowest BCUT2D eigenvalue weighted by Gasteiger charge is -2.32. The number of unbranched alkanes of at least 4 members (excludes halogenated alkanes) is 1. The quantitative estimate of drug-likeness (QED) is 0.236. The standard InChI is InChI=1S/C32H40FN3O5S/c1-4-5-20-34-32(38)30(22-25-13-7-6-8-14-25)35(24-26-15-9-10-18-29(26)33)31(37)19-12-21-36(42(3,39)40)27-16-11-17-28(23-27)41-2/h6-11,13-18,23,30H,4-5,12,19-22,24H2,1-3H3,(H,34,38)/t30-/m0/s1. The van der Waals surface area contributed by atoms with E-state index in [1.165, 1.54) is 22.4 Å². The van der Waals surface area contributed by atoms with Crippen LogP contribution in [0.3, 0.4) is 0 Å². The van der Waals surface area contributed by atoms with Crippen molar-refractivity contribution < 1.29 is 27.1 Å². The van der Waals surface area contributed by atoms with Crippen molar-refractivity contribution in [2.45, 2.75) is 51.6 Å². The van der Waals surface area contributed by atoms with Crippen LogP contribution in [0.25, 0.3) is 0 Å².